The molecule has 1 heterocycles. The minimum Gasteiger partial charge on any atom is -0.331 e. The Hall–Kier alpha value is -2.20. The molecule has 120 valence electrons. The van der Waals surface area contributed by atoms with E-state index in [0.717, 1.165) is 37.1 Å². The van der Waals surface area contributed by atoms with Crippen LogP contribution in [0, 0.1) is 19.7 Å². The molecular weight excluding hydrogens is 289 g/mol. The Morgan fingerprint density at radius 2 is 1.83 bits per heavy atom. The van der Waals surface area contributed by atoms with Crippen molar-refractivity contribution in [3.05, 3.63) is 65.2 Å². The number of nitrogens with one attached hydrogen (secondary N) is 1. The van der Waals surface area contributed by atoms with Crippen LogP contribution in [-0.2, 0) is 13.1 Å². The fourth-order valence-corrected chi connectivity index (χ4v) is 2.70. The second-order valence-electron chi connectivity index (χ2n) is 6.02. The summed E-state index contributed by atoms with van der Waals surface area (Å²) in [5.41, 5.74) is 5.95. The average molecular weight is 311 g/mol. The summed E-state index contributed by atoms with van der Waals surface area (Å²) in [7, 11) is 0. The van der Waals surface area contributed by atoms with E-state index in [9.17, 15) is 4.39 Å². The largest absolute Gasteiger partial charge is 0.331 e. The fraction of sp³-hybridized carbons (Fsp3) is 0.316. The predicted octanol–water partition coefficient (Wildman–Crippen LogP) is 3.97. The highest BCUT2D eigenvalue weighted by Crippen LogP contribution is 2.18. The molecule has 3 aromatic rings. The van der Waals surface area contributed by atoms with Crippen molar-refractivity contribution in [3.8, 4) is 0 Å². The van der Waals surface area contributed by atoms with Crippen LogP contribution in [0.5, 0.6) is 0 Å². The maximum absolute atomic E-state index is 12.8. The van der Waals surface area contributed by atoms with Gasteiger partial charge in [0.05, 0.1) is 17.4 Å². The first-order valence-electron chi connectivity index (χ1n) is 8.01. The first kappa shape index (κ1) is 15.7. The number of rotatable bonds is 6. The van der Waals surface area contributed by atoms with Gasteiger partial charge in [0.25, 0.3) is 0 Å². The van der Waals surface area contributed by atoms with E-state index >= 15 is 0 Å². The second kappa shape index (κ2) is 6.92. The lowest BCUT2D eigenvalue weighted by Gasteiger charge is -2.07. The van der Waals surface area contributed by atoms with Gasteiger partial charge in [-0.3, -0.25) is 0 Å². The van der Waals surface area contributed by atoms with Crippen LogP contribution in [0.3, 0.4) is 0 Å². The van der Waals surface area contributed by atoms with Crippen molar-refractivity contribution in [2.45, 2.75) is 33.4 Å². The molecule has 2 aromatic carbocycles. The van der Waals surface area contributed by atoms with E-state index in [-0.39, 0.29) is 5.82 Å². The zero-order chi connectivity index (χ0) is 16.2. The summed E-state index contributed by atoms with van der Waals surface area (Å²) >= 11 is 0. The van der Waals surface area contributed by atoms with Gasteiger partial charge in [0, 0.05) is 13.1 Å². The van der Waals surface area contributed by atoms with Crippen molar-refractivity contribution in [1.82, 2.24) is 14.9 Å². The van der Waals surface area contributed by atoms with Gasteiger partial charge in [-0.15, -0.1) is 0 Å². The number of halogens is 1. The van der Waals surface area contributed by atoms with Crippen LogP contribution in [0.2, 0.25) is 0 Å². The Morgan fingerprint density at radius 3 is 2.61 bits per heavy atom. The summed E-state index contributed by atoms with van der Waals surface area (Å²) < 4.78 is 15.0. The highest BCUT2D eigenvalue weighted by Gasteiger charge is 2.04. The highest BCUT2D eigenvalue weighted by molar-refractivity contribution is 5.77. The SMILES string of the molecule is Cc1cc2ncn(CCCNCc3ccc(F)cc3)c2cc1C. The number of hydrogen-bond acceptors (Lipinski definition) is 2. The number of nitrogens with zero attached hydrogens (tertiary/aromatic N) is 2. The molecule has 0 amide bonds. The molecule has 0 spiro atoms. The van der Waals surface area contributed by atoms with Gasteiger partial charge in [0.15, 0.2) is 0 Å². The molecule has 0 radical (unpaired) electrons. The van der Waals surface area contributed by atoms with Crippen LogP contribution in [0.1, 0.15) is 23.1 Å². The first-order chi connectivity index (χ1) is 11.1. The zero-order valence-electron chi connectivity index (χ0n) is 13.6. The third kappa shape index (κ3) is 3.77. The molecule has 0 aliphatic heterocycles. The number of fused-ring (bicyclic) bond motifs is 1. The molecule has 0 saturated carbocycles. The quantitative estimate of drug-likeness (QED) is 0.698. The number of aromatic nitrogens is 2. The minimum absolute atomic E-state index is 0.189. The molecule has 0 atom stereocenters. The van der Waals surface area contributed by atoms with Gasteiger partial charge in [-0.2, -0.15) is 0 Å². The molecule has 0 bridgehead atoms. The monoisotopic (exact) mass is 311 g/mol. The Labute approximate surface area is 136 Å². The number of imidazole rings is 1. The standard InChI is InChI=1S/C19H22FN3/c1-14-10-18-19(11-15(14)2)23(13-22-18)9-3-8-21-12-16-4-6-17(20)7-5-16/h4-7,10-11,13,21H,3,8-9,12H2,1-2H3. The molecule has 1 aromatic heterocycles. The van der Waals surface area contributed by atoms with Gasteiger partial charge in [-0.1, -0.05) is 12.1 Å². The summed E-state index contributed by atoms with van der Waals surface area (Å²) in [6.45, 7) is 6.88. The van der Waals surface area contributed by atoms with Crippen molar-refractivity contribution >= 4 is 11.0 Å². The molecule has 0 saturated heterocycles. The highest BCUT2D eigenvalue weighted by atomic mass is 19.1. The van der Waals surface area contributed by atoms with Gasteiger partial charge in [-0.25, -0.2) is 9.37 Å². The molecule has 0 unspecified atom stereocenters. The van der Waals surface area contributed by atoms with E-state index in [2.05, 4.69) is 40.8 Å². The third-order valence-electron chi connectivity index (χ3n) is 4.23. The molecule has 23 heavy (non-hydrogen) atoms. The van der Waals surface area contributed by atoms with Crippen LogP contribution in [0.25, 0.3) is 11.0 Å². The summed E-state index contributed by atoms with van der Waals surface area (Å²) in [5.74, 6) is -0.189. The molecule has 1 N–H and O–H groups in total. The zero-order valence-corrected chi connectivity index (χ0v) is 13.6. The Morgan fingerprint density at radius 1 is 1.09 bits per heavy atom. The van der Waals surface area contributed by atoms with E-state index in [1.807, 2.05) is 18.5 Å². The van der Waals surface area contributed by atoms with Crippen LogP contribution in [-0.4, -0.2) is 16.1 Å². The summed E-state index contributed by atoms with van der Waals surface area (Å²) in [6.07, 6.45) is 2.95. The van der Waals surface area contributed by atoms with Gasteiger partial charge >= 0.3 is 0 Å². The minimum atomic E-state index is -0.189. The average Bonchev–Trinajstić information content (AvgIpc) is 2.91. The van der Waals surface area contributed by atoms with Gasteiger partial charge < -0.3 is 9.88 Å². The maximum Gasteiger partial charge on any atom is 0.123 e. The van der Waals surface area contributed by atoms with Gasteiger partial charge in [0.1, 0.15) is 5.82 Å². The van der Waals surface area contributed by atoms with Crippen molar-refractivity contribution in [1.29, 1.82) is 0 Å². The molecule has 3 nitrogen and oxygen atoms in total. The van der Waals surface area contributed by atoms with Crippen LogP contribution >= 0.6 is 0 Å². The van der Waals surface area contributed by atoms with Gasteiger partial charge in [0.2, 0.25) is 0 Å². The van der Waals surface area contributed by atoms with E-state index in [0.29, 0.717) is 0 Å². The lowest BCUT2D eigenvalue weighted by atomic mass is 10.1. The first-order valence-corrected chi connectivity index (χ1v) is 8.01. The predicted molar refractivity (Wildman–Crippen MR) is 91.9 cm³/mol. The van der Waals surface area contributed by atoms with E-state index in [1.54, 1.807) is 0 Å². The summed E-state index contributed by atoms with van der Waals surface area (Å²) in [5, 5.41) is 3.40. The normalized spacial score (nSPS) is 11.3. The molecule has 3 rings (SSSR count). The van der Waals surface area contributed by atoms with Crippen LogP contribution in [0.15, 0.2) is 42.7 Å². The van der Waals surface area contributed by atoms with Crippen molar-refractivity contribution in [2.75, 3.05) is 6.54 Å². The molecule has 0 aliphatic carbocycles. The van der Waals surface area contributed by atoms with E-state index in [4.69, 9.17) is 0 Å². The second-order valence-corrected chi connectivity index (χ2v) is 6.02. The smallest absolute Gasteiger partial charge is 0.123 e. The molecule has 0 fully saturated rings. The van der Waals surface area contributed by atoms with Gasteiger partial charge in [-0.05, 0) is 67.8 Å². The van der Waals surface area contributed by atoms with Crippen molar-refractivity contribution in [3.63, 3.8) is 0 Å². The van der Waals surface area contributed by atoms with Crippen molar-refractivity contribution < 1.29 is 4.39 Å². The number of benzene rings is 2. The lowest BCUT2D eigenvalue weighted by Crippen LogP contribution is -2.16. The Balaban J connectivity index is 1.51. The van der Waals surface area contributed by atoms with Crippen LogP contribution in [0.4, 0.5) is 4.39 Å². The molecule has 0 aliphatic rings. The lowest BCUT2D eigenvalue weighted by molar-refractivity contribution is 0.587. The Kier molecular flexibility index (Phi) is 4.72. The molecular formula is C19H22FN3. The topological polar surface area (TPSA) is 29.9 Å². The Bertz CT molecular complexity index is 790. The van der Waals surface area contributed by atoms with Crippen LogP contribution < -0.4 is 5.32 Å². The van der Waals surface area contributed by atoms with E-state index in [1.165, 1.54) is 28.8 Å². The number of aryl methyl sites for hydroxylation is 3. The summed E-state index contributed by atoms with van der Waals surface area (Å²) in [4.78, 5) is 4.48. The third-order valence-corrected chi connectivity index (χ3v) is 4.23. The maximum atomic E-state index is 12.8. The molecule has 4 heteroatoms. The fourth-order valence-electron chi connectivity index (χ4n) is 2.70. The van der Waals surface area contributed by atoms with Crippen molar-refractivity contribution in [2.24, 2.45) is 0 Å². The summed E-state index contributed by atoms with van der Waals surface area (Å²) in [6, 6.07) is 11.0. The number of hydrogen-bond donors (Lipinski definition) is 1. The van der Waals surface area contributed by atoms with E-state index < -0.39 is 0 Å².